The van der Waals surface area contributed by atoms with Crippen LogP contribution in [0.5, 0.6) is 0 Å². The molecule has 2 rings (SSSR count). The fourth-order valence-corrected chi connectivity index (χ4v) is 2.86. The van der Waals surface area contributed by atoms with E-state index in [1.54, 1.807) is 11.3 Å². The molecule has 0 saturated carbocycles. The normalized spacial score (nSPS) is 12.7. The van der Waals surface area contributed by atoms with Gasteiger partial charge in [0.05, 0.1) is 11.7 Å². The quantitative estimate of drug-likeness (QED) is 0.881. The lowest BCUT2D eigenvalue weighted by molar-refractivity contribution is 0.581. The number of hydrogen-bond donors (Lipinski definition) is 1. The SMILES string of the molecule is CCC(c1cccs1)n1cc(C)nc1NC. The largest absolute Gasteiger partial charge is 0.359 e. The molecule has 86 valence electrons. The standard InChI is InChI=1S/C12H17N3S/c1-4-10(11-6-5-7-16-11)15-8-9(2)14-12(15)13-3/h5-8,10H,4H2,1-3H3,(H,13,14). The van der Waals surface area contributed by atoms with Gasteiger partial charge in [0.25, 0.3) is 0 Å². The van der Waals surface area contributed by atoms with E-state index in [0.717, 1.165) is 18.1 Å². The number of thiophene rings is 1. The van der Waals surface area contributed by atoms with E-state index in [1.807, 2.05) is 14.0 Å². The van der Waals surface area contributed by atoms with Crippen molar-refractivity contribution in [2.24, 2.45) is 0 Å². The van der Waals surface area contributed by atoms with E-state index >= 15 is 0 Å². The highest BCUT2D eigenvalue weighted by molar-refractivity contribution is 7.10. The van der Waals surface area contributed by atoms with Crippen LogP contribution in [0, 0.1) is 6.92 Å². The number of aromatic nitrogens is 2. The van der Waals surface area contributed by atoms with Crippen LogP contribution in [0.1, 0.15) is 30.0 Å². The maximum Gasteiger partial charge on any atom is 0.203 e. The minimum atomic E-state index is 0.392. The fourth-order valence-electron chi connectivity index (χ4n) is 1.95. The van der Waals surface area contributed by atoms with Crippen LogP contribution in [0.4, 0.5) is 5.95 Å². The molecule has 0 aromatic carbocycles. The third-order valence-electron chi connectivity index (χ3n) is 2.67. The Labute approximate surface area is 100 Å². The molecule has 2 aromatic rings. The summed E-state index contributed by atoms with van der Waals surface area (Å²) in [5, 5.41) is 5.28. The van der Waals surface area contributed by atoms with E-state index < -0.39 is 0 Å². The summed E-state index contributed by atoms with van der Waals surface area (Å²) in [7, 11) is 1.92. The van der Waals surface area contributed by atoms with Gasteiger partial charge in [-0.15, -0.1) is 11.3 Å². The molecule has 2 heterocycles. The van der Waals surface area contributed by atoms with Gasteiger partial charge in [-0.05, 0) is 24.8 Å². The molecule has 0 aliphatic rings. The molecule has 0 aliphatic carbocycles. The van der Waals surface area contributed by atoms with Crippen molar-refractivity contribution in [2.75, 3.05) is 12.4 Å². The van der Waals surface area contributed by atoms with Gasteiger partial charge in [-0.2, -0.15) is 0 Å². The van der Waals surface area contributed by atoms with Gasteiger partial charge in [0, 0.05) is 18.1 Å². The molecule has 0 saturated heterocycles. The lowest BCUT2D eigenvalue weighted by Crippen LogP contribution is -2.10. The first kappa shape index (κ1) is 11.2. The van der Waals surface area contributed by atoms with Crippen LogP contribution in [0.25, 0.3) is 0 Å². The lowest BCUT2D eigenvalue weighted by atomic mass is 10.2. The summed E-state index contributed by atoms with van der Waals surface area (Å²) in [6, 6.07) is 4.68. The topological polar surface area (TPSA) is 29.9 Å². The average molecular weight is 235 g/mol. The molecule has 0 radical (unpaired) electrons. The summed E-state index contributed by atoms with van der Waals surface area (Å²) in [6.45, 7) is 4.23. The van der Waals surface area contributed by atoms with Crippen LogP contribution in [0.3, 0.4) is 0 Å². The molecule has 0 bridgehead atoms. The molecular formula is C12H17N3S. The third kappa shape index (κ3) is 1.97. The van der Waals surface area contributed by atoms with Crippen molar-refractivity contribution in [1.29, 1.82) is 0 Å². The van der Waals surface area contributed by atoms with Gasteiger partial charge in [-0.25, -0.2) is 4.98 Å². The Morgan fingerprint density at radius 3 is 2.94 bits per heavy atom. The zero-order valence-corrected chi connectivity index (χ0v) is 10.7. The molecular weight excluding hydrogens is 218 g/mol. The van der Waals surface area contributed by atoms with Gasteiger partial charge in [0.2, 0.25) is 5.95 Å². The number of aryl methyl sites for hydroxylation is 1. The van der Waals surface area contributed by atoms with Crippen LogP contribution in [-0.4, -0.2) is 16.6 Å². The Morgan fingerprint density at radius 1 is 1.56 bits per heavy atom. The third-order valence-corrected chi connectivity index (χ3v) is 3.64. The number of imidazole rings is 1. The van der Waals surface area contributed by atoms with Crippen LogP contribution in [0.15, 0.2) is 23.7 Å². The highest BCUT2D eigenvalue weighted by Crippen LogP contribution is 2.29. The summed E-state index contributed by atoms with van der Waals surface area (Å²) in [6.07, 6.45) is 3.19. The number of rotatable bonds is 4. The molecule has 3 nitrogen and oxygen atoms in total. The lowest BCUT2D eigenvalue weighted by Gasteiger charge is -2.17. The molecule has 0 fully saturated rings. The highest BCUT2D eigenvalue weighted by Gasteiger charge is 2.16. The van der Waals surface area contributed by atoms with Gasteiger partial charge in [0.15, 0.2) is 0 Å². The maximum absolute atomic E-state index is 4.46. The van der Waals surface area contributed by atoms with E-state index in [0.29, 0.717) is 6.04 Å². The average Bonchev–Trinajstić information content (AvgIpc) is 2.89. The second-order valence-corrected chi connectivity index (χ2v) is 4.78. The molecule has 16 heavy (non-hydrogen) atoms. The zero-order valence-electron chi connectivity index (χ0n) is 9.90. The molecule has 0 aliphatic heterocycles. The fraction of sp³-hybridized carbons (Fsp3) is 0.417. The molecule has 4 heteroatoms. The Bertz CT molecular complexity index is 445. The van der Waals surface area contributed by atoms with Crippen molar-refractivity contribution in [2.45, 2.75) is 26.3 Å². The summed E-state index contributed by atoms with van der Waals surface area (Å²) < 4.78 is 2.22. The summed E-state index contributed by atoms with van der Waals surface area (Å²) >= 11 is 1.80. The summed E-state index contributed by atoms with van der Waals surface area (Å²) in [4.78, 5) is 5.85. The number of nitrogens with one attached hydrogen (secondary N) is 1. The van der Waals surface area contributed by atoms with Crippen LogP contribution in [-0.2, 0) is 0 Å². The highest BCUT2D eigenvalue weighted by atomic mass is 32.1. The van der Waals surface area contributed by atoms with Crippen molar-refractivity contribution in [1.82, 2.24) is 9.55 Å². The van der Waals surface area contributed by atoms with Crippen molar-refractivity contribution in [3.8, 4) is 0 Å². The zero-order chi connectivity index (χ0) is 11.5. The van der Waals surface area contributed by atoms with Gasteiger partial charge in [0.1, 0.15) is 0 Å². The van der Waals surface area contributed by atoms with Crippen molar-refractivity contribution in [3.05, 3.63) is 34.3 Å². The Hall–Kier alpha value is -1.29. The number of nitrogens with zero attached hydrogens (tertiary/aromatic N) is 2. The van der Waals surface area contributed by atoms with Crippen LogP contribution >= 0.6 is 11.3 Å². The maximum atomic E-state index is 4.46. The van der Waals surface area contributed by atoms with E-state index in [9.17, 15) is 0 Å². The molecule has 0 spiro atoms. The van der Waals surface area contributed by atoms with E-state index in [2.05, 4.69) is 45.5 Å². The van der Waals surface area contributed by atoms with Crippen molar-refractivity contribution >= 4 is 17.3 Å². The van der Waals surface area contributed by atoms with Crippen molar-refractivity contribution < 1.29 is 0 Å². The smallest absolute Gasteiger partial charge is 0.203 e. The predicted octanol–water partition coefficient (Wildman–Crippen LogP) is 3.29. The van der Waals surface area contributed by atoms with Gasteiger partial charge in [-0.3, -0.25) is 0 Å². The molecule has 0 amide bonds. The molecule has 2 aromatic heterocycles. The molecule has 1 unspecified atom stereocenters. The second kappa shape index (κ2) is 4.70. The predicted molar refractivity (Wildman–Crippen MR) is 69.3 cm³/mol. The summed E-state index contributed by atoms with van der Waals surface area (Å²) in [5.41, 5.74) is 1.05. The van der Waals surface area contributed by atoms with Crippen molar-refractivity contribution in [3.63, 3.8) is 0 Å². The Kier molecular flexibility index (Phi) is 3.29. The van der Waals surface area contributed by atoms with E-state index in [1.165, 1.54) is 4.88 Å². The number of hydrogen-bond acceptors (Lipinski definition) is 3. The van der Waals surface area contributed by atoms with Gasteiger partial charge < -0.3 is 9.88 Å². The van der Waals surface area contributed by atoms with E-state index in [-0.39, 0.29) is 0 Å². The van der Waals surface area contributed by atoms with Crippen LogP contribution in [0.2, 0.25) is 0 Å². The first-order chi connectivity index (χ1) is 7.76. The first-order valence-corrected chi connectivity index (χ1v) is 6.40. The minimum Gasteiger partial charge on any atom is -0.359 e. The van der Waals surface area contributed by atoms with Crippen LogP contribution < -0.4 is 5.32 Å². The Balaban J connectivity index is 2.40. The monoisotopic (exact) mass is 235 g/mol. The summed E-state index contributed by atoms with van der Waals surface area (Å²) in [5.74, 6) is 0.942. The molecule has 1 N–H and O–H groups in total. The second-order valence-electron chi connectivity index (χ2n) is 3.80. The number of anilines is 1. The minimum absolute atomic E-state index is 0.392. The van der Waals surface area contributed by atoms with Gasteiger partial charge >= 0.3 is 0 Å². The van der Waals surface area contributed by atoms with Gasteiger partial charge in [-0.1, -0.05) is 13.0 Å². The Morgan fingerprint density at radius 2 is 2.38 bits per heavy atom. The molecule has 1 atom stereocenters. The van der Waals surface area contributed by atoms with E-state index in [4.69, 9.17) is 0 Å². The first-order valence-electron chi connectivity index (χ1n) is 5.53.